The van der Waals surface area contributed by atoms with Gasteiger partial charge >= 0.3 is 29.6 Å². The molecule has 4 rings (SSSR count). The smallest absolute Gasteiger partial charge is 0.870 e. The SMILES string of the molecule is COc1cc(Cl)cc(NC(=O)c2cc3ccccc3c(N=Nc3cc(Cl)cc(C)c3S(=O)(=O)O)c2[O-])c1.[Na+]. The number of rotatable bonds is 6. The Morgan fingerprint density at radius 2 is 1.71 bits per heavy atom. The summed E-state index contributed by atoms with van der Waals surface area (Å²) < 4.78 is 38.7. The quantitative estimate of drug-likeness (QED) is 0.203. The van der Waals surface area contributed by atoms with Crippen LogP contribution in [0.25, 0.3) is 10.8 Å². The van der Waals surface area contributed by atoms with Crippen LogP contribution in [0.1, 0.15) is 15.9 Å². The summed E-state index contributed by atoms with van der Waals surface area (Å²) in [5.41, 5.74) is -0.259. The average Bonchev–Trinajstić information content (AvgIpc) is 2.81. The third-order valence-electron chi connectivity index (χ3n) is 5.32. The maximum atomic E-state index is 13.4. The molecule has 9 nitrogen and oxygen atoms in total. The van der Waals surface area contributed by atoms with Gasteiger partial charge in [0.2, 0.25) is 0 Å². The predicted molar refractivity (Wildman–Crippen MR) is 140 cm³/mol. The zero-order valence-electron chi connectivity index (χ0n) is 20.3. The molecule has 0 saturated heterocycles. The van der Waals surface area contributed by atoms with Crippen molar-refractivity contribution in [1.29, 1.82) is 0 Å². The minimum Gasteiger partial charge on any atom is -0.870 e. The van der Waals surface area contributed by atoms with Crippen LogP contribution in [0.15, 0.2) is 75.8 Å². The molecule has 0 aromatic heterocycles. The molecule has 190 valence electrons. The van der Waals surface area contributed by atoms with Crippen molar-refractivity contribution in [2.75, 3.05) is 12.4 Å². The van der Waals surface area contributed by atoms with Gasteiger partial charge in [-0.3, -0.25) is 9.35 Å². The number of carbonyl (C=O) groups is 1. The van der Waals surface area contributed by atoms with Crippen molar-refractivity contribution < 1.29 is 57.2 Å². The van der Waals surface area contributed by atoms with Crippen LogP contribution in [0.3, 0.4) is 0 Å². The van der Waals surface area contributed by atoms with Gasteiger partial charge in [-0.15, -0.1) is 5.11 Å². The Balaban J connectivity index is 0.00000400. The first-order chi connectivity index (χ1) is 17.5. The maximum Gasteiger partial charge on any atom is 1.00 e. The number of amides is 1. The Hall–Kier alpha value is -2.70. The molecule has 2 N–H and O–H groups in total. The Morgan fingerprint density at radius 1 is 1.03 bits per heavy atom. The number of methoxy groups -OCH3 is 1. The zero-order valence-corrected chi connectivity index (χ0v) is 24.6. The van der Waals surface area contributed by atoms with Crippen LogP contribution in [0.4, 0.5) is 17.1 Å². The number of carbonyl (C=O) groups excluding carboxylic acids is 1. The van der Waals surface area contributed by atoms with Gasteiger partial charge in [0.1, 0.15) is 16.3 Å². The topological polar surface area (TPSA) is 140 Å². The van der Waals surface area contributed by atoms with Gasteiger partial charge in [-0.05, 0) is 48.2 Å². The van der Waals surface area contributed by atoms with Gasteiger partial charge in [-0.1, -0.05) is 53.2 Å². The summed E-state index contributed by atoms with van der Waals surface area (Å²) in [5.74, 6) is -1.07. The Bertz CT molecular complexity index is 1700. The molecule has 0 heterocycles. The number of benzene rings is 4. The summed E-state index contributed by atoms with van der Waals surface area (Å²) in [7, 11) is -3.23. The van der Waals surface area contributed by atoms with E-state index >= 15 is 0 Å². The minimum absolute atomic E-state index is 0. The van der Waals surface area contributed by atoms with Crippen molar-refractivity contribution >= 4 is 67.1 Å². The molecule has 4 aromatic carbocycles. The molecule has 0 aliphatic carbocycles. The van der Waals surface area contributed by atoms with Crippen molar-refractivity contribution in [3.8, 4) is 11.5 Å². The molecule has 0 atom stereocenters. The summed E-state index contributed by atoms with van der Waals surface area (Å²) in [6.07, 6.45) is 0. The van der Waals surface area contributed by atoms with E-state index in [2.05, 4.69) is 15.5 Å². The molecule has 0 fully saturated rings. The van der Waals surface area contributed by atoms with Crippen molar-refractivity contribution in [3.63, 3.8) is 0 Å². The summed E-state index contributed by atoms with van der Waals surface area (Å²) in [4.78, 5) is 12.6. The predicted octanol–water partition coefficient (Wildman–Crippen LogP) is 3.46. The standard InChI is InChI=1S/C25H19Cl2N3O6S.Na/c1-13-7-15(26)11-21(24(13)37(33,34)35)29-30-22-19-6-4-3-5-14(19)8-20(23(22)31)25(32)28-17-9-16(27)10-18(12-17)36-2;/h3-12,31H,1-2H3,(H,28,32)(H,33,34,35);/q;+1/p-1. The van der Waals surface area contributed by atoms with Crippen molar-refractivity contribution in [2.24, 2.45) is 10.2 Å². The number of halogens is 2. The average molecular weight is 582 g/mol. The van der Waals surface area contributed by atoms with Crippen LogP contribution in [-0.4, -0.2) is 26.0 Å². The number of aryl methyl sites for hydroxylation is 1. The number of hydrogen-bond acceptors (Lipinski definition) is 7. The zero-order chi connectivity index (χ0) is 26.9. The van der Waals surface area contributed by atoms with E-state index in [0.717, 1.165) is 0 Å². The van der Waals surface area contributed by atoms with E-state index in [-0.39, 0.29) is 57.1 Å². The summed E-state index contributed by atoms with van der Waals surface area (Å²) in [6, 6.07) is 15.2. The number of ether oxygens (including phenoxy) is 1. The van der Waals surface area contributed by atoms with E-state index in [4.69, 9.17) is 27.9 Å². The Labute approximate surface area is 250 Å². The van der Waals surface area contributed by atoms with Crippen LogP contribution in [-0.2, 0) is 10.1 Å². The number of nitrogens with zero attached hydrogens (tertiary/aromatic N) is 2. The van der Waals surface area contributed by atoms with Crippen LogP contribution >= 0.6 is 23.2 Å². The Kier molecular flexibility index (Phi) is 9.43. The summed E-state index contributed by atoms with van der Waals surface area (Å²) in [6.45, 7) is 1.43. The number of anilines is 1. The van der Waals surface area contributed by atoms with Gasteiger partial charge in [0.25, 0.3) is 16.0 Å². The first-order valence-corrected chi connectivity index (χ1v) is 12.8. The van der Waals surface area contributed by atoms with Gasteiger partial charge in [0.15, 0.2) is 0 Å². The molecule has 38 heavy (non-hydrogen) atoms. The third-order valence-corrected chi connectivity index (χ3v) is 6.80. The molecule has 0 spiro atoms. The van der Waals surface area contributed by atoms with Gasteiger partial charge < -0.3 is 15.2 Å². The molecular formula is C25H18Cl2N3NaO6S. The molecule has 4 aromatic rings. The molecule has 0 aliphatic heterocycles. The van der Waals surface area contributed by atoms with Gasteiger partial charge in [0, 0.05) is 32.7 Å². The number of fused-ring (bicyclic) bond motifs is 1. The summed E-state index contributed by atoms with van der Waals surface area (Å²) >= 11 is 12.1. The molecule has 0 saturated carbocycles. The first-order valence-electron chi connectivity index (χ1n) is 10.6. The van der Waals surface area contributed by atoms with E-state index in [1.807, 2.05) is 0 Å². The molecule has 0 radical (unpaired) electrons. The van der Waals surface area contributed by atoms with Crippen molar-refractivity contribution in [2.45, 2.75) is 11.8 Å². The van der Waals surface area contributed by atoms with Crippen LogP contribution < -0.4 is 44.7 Å². The molecule has 13 heteroatoms. The van der Waals surface area contributed by atoms with E-state index < -0.39 is 26.7 Å². The fourth-order valence-corrected chi connectivity index (χ4v) is 5.08. The van der Waals surface area contributed by atoms with E-state index in [9.17, 15) is 22.9 Å². The van der Waals surface area contributed by atoms with E-state index in [0.29, 0.717) is 27.2 Å². The van der Waals surface area contributed by atoms with Crippen LogP contribution in [0.5, 0.6) is 11.5 Å². The third kappa shape index (κ3) is 6.47. The number of azo groups is 1. The molecule has 1 amide bonds. The number of nitrogens with one attached hydrogen (secondary N) is 1. The monoisotopic (exact) mass is 581 g/mol. The fraction of sp³-hybridized carbons (Fsp3) is 0.0800. The largest absolute Gasteiger partial charge is 1.00 e. The second-order valence-electron chi connectivity index (χ2n) is 7.90. The fourth-order valence-electron chi connectivity index (χ4n) is 3.75. The van der Waals surface area contributed by atoms with Gasteiger partial charge in [0.05, 0.1) is 12.8 Å². The molecule has 0 bridgehead atoms. The molecular weight excluding hydrogens is 564 g/mol. The van der Waals surface area contributed by atoms with Crippen molar-refractivity contribution in [1.82, 2.24) is 0 Å². The van der Waals surface area contributed by atoms with E-state index in [1.54, 1.807) is 30.3 Å². The Morgan fingerprint density at radius 3 is 2.39 bits per heavy atom. The number of hydrogen-bond donors (Lipinski definition) is 2. The van der Waals surface area contributed by atoms with Gasteiger partial charge in [-0.2, -0.15) is 13.5 Å². The van der Waals surface area contributed by atoms with Gasteiger partial charge in [-0.25, -0.2) is 0 Å². The van der Waals surface area contributed by atoms with Crippen LogP contribution in [0.2, 0.25) is 10.0 Å². The second kappa shape index (κ2) is 12.0. The maximum absolute atomic E-state index is 13.4. The normalized spacial score (nSPS) is 11.4. The van der Waals surface area contributed by atoms with Crippen LogP contribution in [0, 0.1) is 6.92 Å². The van der Waals surface area contributed by atoms with Crippen molar-refractivity contribution in [3.05, 3.63) is 81.8 Å². The molecule has 0 aliphatic rings. The van der Waals surface area contributed by atoms with E-state index in [1.165, 1.54) is 44.4 Å². The first kappa shape index (κ1) is 29.9. The summed E-state index contributed by atoms with van der Waals surface area (Å²) in [5, 5.41) is 25.3. The molecule has 0 unspecified atom stereocenters. The minimum atomic E-state index is -4.68. The second-order valence-corrected chi connectivity index (χ2v) is 10.1.